The summed E-state index contributed by atoms with van der Waals surface area (Å²) in [6, 6.07) is 0. The van der Waals surface area contributed by atoms with Crippen LogP contribution in [0.3, 0.4) is 0 Å². The maximum Gasteiger partial charge on any atom is -1.00 e. The molecule has 4 aliphatic carbocycles. The van der Waals surface area contributed by atoms with Gasteiger partial charge in [-0.25, -0.2) is 0 Å². The maximum absolute atomic E-state index is 4.83. The molecule has 0 aliphatic heterocycles. The SMILES string of the molecule is [CH2]=[Ti+2]([CH]1CCC2C=CC=CC21)[CH]1CCC2C=CC=CC21.[Cl-].[Cl-]. The Balaban J connectivity index is 0.000000882. The Bertz CT molecular complexity index is 486. The molecule has 4 aliphatic rings. The van der Waals surface area contributed by atoms with Gasteiger partial charge in [0.15, 0.2) is 0 Å². The summed E-state index contributed by atoms with van der Waals surface area (Å²) < 4.78 is 1.95. The smallest absolute Gasteiger partial charge is 1.00 e. The van der Waals surface area contributed by atoms with E-state index in [1.54, 1.807) is 0 Å². The normalized spacial score (nSPS) is 40.1. The van der Waals surface area contributed by atoms with Gasteiger partial charge >= 0.3 is 129 Å². The molecular weight excluding hydrogens is 347 g/mol. The molecule has 2 saturated carbocycles. The predicted octanol–water partition coefficient (Wildman–Crippen LogP) is -1.07. The van der Waals surface area contributed by atoms with Crippen LogP contribution in [0.5, 0.6) is 0 Å². The van der Waals surface area contributed by atoms with Crippen LogP contribution in [0, 0.1) is 23.7 Å². The monoisotopic (exact) mass is 370 g/mol. The average molecular weight is 371 g/mol. The largest absolute Gasteiger partial charge is 1.00 e. The summed E-state index contributed by atoms with van der Waals surface area (Å²) in [7, 11) is 0. The minimum absolute atomic E-state index is 0. The van der Waals surface area contributed by atoms with E-state index in [0.717, 1.165) is 32.1 Å². The number of allylic oxidation sites excluding steroid dienone is 8. The third-order valence-corrected chi connectivity index (χ3v) is 11.2. The number of rotatable bonds is 2. The first-order valence-corrected chi connectivity index (χ1v) is 11.1. The standard InChI is InChI=1S/2C9H11.CH2.2ClH.Ti/c2*1-2-5-9-7-3-6-8(9)4-1;;;;/h2*1-2,4-6,8-9H,3,7H2;1H2;2*1H;/q;;;;;+2/p-2. The van der Waals surface area contributed by atoms with Gasteiger partial charge in [-0.3, -0.25) is 0 Å². The molecule has 22 heavy (non-hydrogen) atoms. The number of halogens is 2. The van der Waals surface area contributed by atoms with Crippen molar-refractivity contribution in [1.29, 1.82) is 0 Å². The first kappa shape index (κ1) is 18.5. The van der Waals surface area contributed by atoms with Crippen LogP contribution in [-0.4, -0.2) is 4.82 Å². The van der Waals surface area contributed by atoms with Crippen molar-refractivity contribution in [3.8, 4) is 0 Å². The van der Waals surface area contributed by atoms with E-state index in [4.69, 9.17) is 4.82 Å². The van der Waals surface area contributed by atoms with Gasteiger partial charge in [-0.05, 0) is 0 Å². The zero-order valence-electron chi connectivity index (χ0n) is 12.9. The topological polar surface area (TPSA) is 0 Å². The van der Waals surface area contributed by atoms with Crippen molar-refractivity contribution in [2.45, 2.75) is 34.1 Å². The number of hydrogen-bond acceptors (Lipinski definition) is 0. The van der Waals surface area contributed by atoms with Crippen LogP contribution in [0.4, 0.5) is 0 Å². The van der Waals surface area contributed by atoms with Gasteiger partial charge in [-0.2, -0.15) is 0 Å². The molecule has 118 valence electrons. The van der Waals surface area contributed by atoms with Crippen molar-refractivity contribution in [2.24, 2.45) is 23.7 Å². The molecule has 0 aromatic heterocycles. The minimum atomic E-state index is -1.22. The van der Waals surface area contributed by atoms with Crippen LogP contribution in [0.1, 0.15) is 25.7 Å². The molecule has 0 aromatic carbocycles. The minimum Gasteiger partial charge on any atom is -1.00 e. The molecule has 0 spiro atoms. The van der Waals surface area contributed by atoms with Crippen molar-refractivity contribution < 1.29 is 42.2 Å². The van der Waals surface area contributed by atoms with Crippen molar-refractivity contribution in [2.75, 3.05) is 0 Å². The first-order valence-electron chi connectivity index (χ1n) is 8.23. The Morgan fingerprint density at radius 1 is 0.636 bits per heavy atom. The summed E-state index contributed by atoms with van der Waals surface area (Å²) in [6.07, 6.45) is 24.7. The Morgan fingerprint density at radius 2 is 1.05 bits per heavy atom. The Morgan fingerprint density at radius 3 is 1.50 bits per heavy atom. The van der Waals surface area contributed by atoms with Crippen LogP contribution in [0.2, 0.25) is 8.45 Å². The molecule has 0 saturated heterocycles. The predicted molar refractivity (Wildman–Crippen MR) is 83.6 cm³/mol. The molecule has 0 N–H and O–H groups in total. The van der Waals surface area contributed by atoms with Crippen molar-refractivity contribution in [3.05, 3.63) is 48.6 Å². The van der Waals surface area contributed by atoms with E-state index < -0.39 is 17.4 Å². The molecule has 6 atom stereocenters. The Hall–Kier alpha value is 0.124. The first-order chi connectivity index (χ1) is 9.84. The second kappa shape index (κ2) is 7.80. The summed E-state index contributed by atoms with van der Waals surface area (Å²) >= 11 is -1.22. The van der Waals surface area contributed by atoms with Gasteiger partial charge in [0.1, 0.15) is 0 Å². The van der Waals surface area contributed by atoms with Gasteiger partial charge in [0.2, 0.25) is 0 Å². The average Bonchev–Trinajstić information content (AvgIpc) is 3.11. The van der Waals surface area contributed by atoms with Crippen molar-refractivity contribution >= 4 is 4.82 Å². The molecule has 4 rings (SSSR count). The van der Waals surface area contributed by atoms with Crippen molar-refractivity contribution in [1.82, 2.24) is 0 Å². The summed E-state index contributed by atoms with van der Waals surface area (Å²) in [6.45, 7) is 0. The van der Waals surface area contributed by atoms with Gasteiger partial charge in [0, 0.05) is 0 Å². The molecule has 0 radical (unpaired) electrons. The molecule has 6 unspecified atom stereocenters. The molecule has 0 nitrogen and oxygen atoms in total. The van der Waals surface area contributed by atoms with Crippen LogP contribution in [0.25, 0.3) is 0 Å². The van der Waals surface area contributed by atoms with Gasteiger partial charge < -0.3 is 24.8 Å². The molecule has 0 amide bonds. The zero-order valence-corrected chi connectivity index (χ0v) is 15.9. The van der Waals surface area contributed by atoms with Crippen molar-refractivity contribution in [3.63, 3.8) is 0 Å². The molecule has 3 heteroatoms. The van der Waals surface area contributed by atoms with E-state index in [9.17, 15) is 0 Å². The molecular formula is C19H24Cl2Ti. The zero-order chi connectivity index (χ0) is 13.5. The maximum atomic E-state index is 4.83. The summed E-state index contributed by atoms with van der Waals surface area (Å²) in [4.78, 5) is 4.83. The van der Waals surface area contributed by atoms with Gasteiger partial charge in [-0.15, -0.1) is 0 Å². The second-order valence-electron chi connectivity index (χ2n) is 6.96. The van der Waals surface area contributed by atoms with Crippen LogP contribution in [-0.2, 0) is 17.4 Å². The Labute approximate surface area is 153 Å². The van der Waals surface area contributed by atoms with E-state index in [-0.39, 0.29) is 24.8 Å². The Kier molecular flexibility index (Phi) is 6.54. The van der Waals surface area contributed by atoms with Gasteiger partial charge in [0.05, 0.1) is 0 Å². The summed E-state index contributed by atoms with van der Waals surface area (Å²) in [5, 5.41) is 0. The van der Waals surface area contributed by atoms with E-state index in [1.165, 1.54) is 25.7 Å². The summed E-state index contributed by atoms with van der Waals surface area (Å²) in [5.41, 5.74) is 0. The fourth-order valence-corrected chi connectivity index (χ4v) is 10.3. The van der Waals surface area contributed by atoms with Gasteiger partial charge in [0.25, 0.3) is 0 Å². The van der Waals surface area contributed by atoms with E-state index in [0.29, 0.717) is 0 Å². The summed E-state index contributed by atoms with van der Waals surface area (Å²) in [5.74, 6) is 3.37. The molecule has 2 fully saturated rings. The quantitative estimate of drug-likeness (QED) is 0.543. The third-order valence-electron chi connectivity index (χ3n) is 6.10. The fraction of sp³-hybridized carbons (Fsp3) is 0.526. The fourth-order valence-electron chi connectivity index (χ4n) is 5.05. The van der Waals surface area contributed by atoms with E-state index in [1.807, 2.05) is 0 Å². The van der Waals surface area contributed by atoms with E-state index in [2.05, 4.69) is 48.6 Å². The molecule has 0 bridgehead atoms. The molecule has 0 heterocycles. The van der Waals surface area contributed by atoms with Gasteiger partial charge in [-0.1, -0.05) is 0 Å². The second-order valence-corrected chi connectivity index (χ2v) is 11.1. The third kappa shape index (κ3) is 3.18. The van der Waals surface area contributed by atoms with Crippen LogP contribution >= 0.6 is 0 Å². The molecule has 0 aromatic rings. The van der Waals surface area contributed by atoms with E-state index >= 15 is 0 Å². The van der Waals surface area contributed by atoms with Crippen LogP contribution in [0.15, 0.2) is 48.6 Å². The van der Waals surface area contributed by atoms with Crippen LogP contribution < -0.4 is 24.8 Å². The number of fused-ring (bicyclic) bond motifs is 2. The number of hydrogen-bond donors (Lipinski definition) is 0.